The van der Waals surface area contributed by atoms with Gasteiger partial charge in [0.15, 0.2) is 0 Å². The van der Waals surface area contributed by atoms with Crippen LogP contribution in [0.4, 0.5) is 0 Å². The van der Waals surface area contributed by atoms with Gasteiger partial charge in [-0.1, -0.05) is 36.4 Å². The maximum atomic E-state index is 11.2. The van der Waals surface area contributed by atoms with E-state index in [1.807, 2.05) is 30.3 Å². The monoisotopic (exact) mass is 219 g/mol. The minimum atomic E-state index is -0.330. The number of methoxy groups -OCH3 is 1. The Hall–Kier alpha value is -1.61. The van der Waals surface area contributed by atoms with Crippen LogP contribution in [0, 0.1) is 0 Å². The van der Waals surface area contributed by atoms with Gasteiger partial charge >= 0.3 is 5.97 Å². The summed E-state index contributed by atoms with van der Waals surface area (Å²) in [6.45, 7) is 1.71. The molecule has 0 spiro atoms. The van der Waals surface area contributed by atoms with Gasteiger partial charge in [0, 0.05) is 11.6 Å². The smallest absolute Gasteiger partial charge is 0.333 e. The van der Waals surface area contributed by atoms with Crippen molar-refractivity contribution in [3.8, 4) is 0 Å². The Kier molecular flexibility index (Phi) is 4.73. The van der Waals surface area contributed by atoms with E-state index in [4.69, 9.17) is 5.73 Å². The van der Waals surface area contributed by atoms with Crippen LogP contribution in [0.3, 0.4) is 0 Å². The van der Waals surface area contributed by atoms with E-state index in [-0.39, 0.29) is 12.0 Å². The molecule has 0 aliphatic rings. The van der Waals surface area contributed by atoms with Crippen molar-refractivity contribution < 1.29 is 9.53 Å². The molecule has 0 fully saturated rings. The summed E-state index contributed by atoms with van der Waals surface area (Å²) >= 11 is 0. The predicted octanol–water partition coefficient (Wildman–Crippen LogP) is 1.68. The number of ether oxygens (including phenoxy) is 1. The molecule has 2 N–H and O–H groups in total. The second-order valence-corrected chi connectivity index (χ2v) is 3.69. The molecule has 1 aromatic carbocycles. The quantitative estimate of drug-likeness (QED) is 0.619. The topological polar surface area (TPSA) is 52.3 Å². The lowest BCUT2D eigenvalue weighted by molar-refractivity contribution is -0.136. The van der Waals surface area contributed by atoms with Crippen molar-refractivity contribution in [1.82, 2.24) is 0 Å². The number of hydrogen-bond acceptors (Lipinski definition) is 3. The molecular weight excluding hydrogens is 202 g/mol. The van der Waals surface area contributed by atoms with E-state index in [0.717, 1.165) is 12.0 Å². The summed E-state index contributed by atoms with van der Waals surface area (Å²) in [6.07, 6.45) is 2.45. The van der Waals surface area contributed by atoms with Crippen LogP contribution in [0.25, 0.3) is 0 Å². The fourth-order valence-corrected chi connectivity index (χ4v) is 1.50. The van der Waals surface area contributed by atoms with Crippen LogP contribution in [0.2, 0.25) is 0 Å². The number of carbonyl (C=O) groups is 1. The molecule has 0 bridgehead atoms. The number of nitrogens with two attached hydrogens (primary N) is 1. The number of benzene rings is 1. The molecule has 3 heteroatoms. The van der Waals surface area contributed by atoms with Crippen molar-refractivity contribution in [2.75, 3.05) is 7.11 Å². The summed E-state index contributed by atoms with van der Waals surface area (Å²) in [5.41, 5.74) is 7.62. The van der Waals surface area contributed by atoms with E-state index in [2.05, 4.69) is 4.74 Å². The molecule has 0 radical (unpaired) electrons. The highest BCUT2D eigenvalue weighted by Gasteiger charge is 2.06. The maximum Gasteiger partial charge on any atom is 0.333 e. The summed E-state index contributed by atoms with van der Waals surface area (Å²) in [4.78, 5) is 11.2. The summed E-state index contributed by atoms with van der Waals surface area (Å²) < 4.78 is 4.60. The Labute approximate surface area is 95.9 Å². The van der Waals surface area contributed by atoms with Gasteiger partial charge in [-0.25, -0.2) is 4.79 Å². The first-order chi connectivity index (χ1) is 7.63. The largest absolute Gasteiger partial charge is 0.466 e. The third kappa shape index (κ3) is 3.87. The van der Waals surface area contributed by atoms with Gasteiger partial charge in [-0.15, -0.1) is 0 Å². The van der Waals surface area contributed by atoms with Gasteiger partial charge in [0.2, 0.25) is 0 Å². The fourth-order valence-electron chi connectivity index (χ4n) is 1.50. The summed E-state index contributed by atoms with van der Waals surface area (Å²) in [5.74, 6) is -0.330. The Bertz CT molecular complexity index is 371. The zero-order chi connectivity index (χ0) is 12.0. The van der Waals surface area contributed by atoms with Crippen LogP contribution >= 0.6 is 0 Å². The van der Waals surface area contributed by atoms with Gasteiger partial charge in [0.1, 0.15) is 0 Å². The van der Waals surface area contributed by atoms with Crippen LogP contribution in [-0.4, -0.2) is 19.1 Å². The minimum absolute atomic E-state index is 0.165. The van der Waals surface area contributed by atoms with Gasteiger partial charge in [-0.2, -0.15) is 0 Å². The SMILES string of the molecule is COC(=O)C(C)=C[C@@H](N)Cc1ccccc1. The molecule has 0 saturated heterocycles. The molecule has 1 atom stereocenters. The molecule has 0 aliphatic carbocycles. The lowest BCUT2D eigenvalue weighted by Gasteiger charge is -2.08. The zero-order valence-electron chi connectivity index (χ0n) is 9.64. The van der Waals surface area contributed by atoms with Crippen LogP contribution in [0.15, 0.2) is 42.0 Å². The van der Waals surface area contributed by atoms with Crippen molar-refractivity contribution in [2.45, 2.75) is 19.4 Å². The van der Waals surface area contributed by atoms with Gasteiger partial charge in [-0.05, 0) is 18.9 Å². The van der Waals surface area contributed by atoms with Gasteiger partial charge in [0.25, 0.3) is 0 Å². The molecule has 0 aliphatic heterocycles. The standard InChI is InChI=1S/C13H17NO2/c1-10(13(15)16-2)8-12(14)9-11-6-4-3-5-7-11/h3-8,12H,9,14H2,1-2H3/t12-/m1/s1. The van der Waals surface area contributed by atoms with E-state index in [1.165, 1.54) is 7.11 Å². The first-order valence-corrected chi connectivity index (χ1v) is 5.19. The van der Waals surface area contributed by atoms with Gasteiger partial charge in [0.05, 0.1) is 7.11 Å². The fraction of sp³-hybridized carbons (Fsp3) is 0.308. The molecule has 0 unspecified atom stereocenters. The molecular formula is C13H17NO2. The normalized spacial score (nSPS) is 13.3. The molecule has 0 saturated carbocycles. The lowest BCUT2D eigenvalue weighted by Crippen LogP contribution is -2.21. The summed E-state index contributed by atoms with van der Waals surface area (Å²) in [5, 5.41) is 0. The van der Waals surface area contributed by atoms with E-state index in [0.29, 0.717) is 5.57 Å². The Morgan fingerprint density at radius 2 is 2.06 bits per heavy atom. The number of rotatable bonds is 4. The molecule has 0 aromatic heterocycles. The zero-order valence-corrected chi connectivity index (χ0v) is 9.64. The van der Waals surface area contributed by atoms with Crippen LogP contribution in [0.1, 0.15) is 12.5 Å². The average molecular weight is 219 g/mol. The highest BCUT2D eigenvalue weighted by molar-refractivity contribution is 5.87. The van der Waals surface area contributed by atoms with Crippen molar-refractivity contribution in [3.63, 3.8) is 0 Å². The molecule has 16 heavy (non-hydrogen) atoms. The van der Waals surface area contributed by atoms with Crippen molar-refractivity contribution in [3.05, 3.63) is 47.5 Å². The first kappa shape index (κ1) is 12.5. The second-order valence-electron chi connectivity index (χ2n) is 3.69. The predicted molar refractivity (Wildman–Crippen MR) is 63.9 cm³/mol. The van der Waals surface area contributed by atoms with E-state index in [9.17, 15) is 4.79 Å². The van der Waals surface area contributed by atoms with Crippen LogP contribution in [0.5, 0.6) is 0 Å². The molecule has 0 heterocycles. The second kappa shape index (κ2) is 6.08. The lowest BCUT2D eigenvalue weighted by atomic mass is 10.0. The van der Waals surface area contributed by atoms with Crippen molar-refractivity contribution >= 4 is 5.97 Å². The summed E-state index contributed by atoms with van der Waals surface area (Å²) in [6, 6.07) is 9.77. The minimum Gasteiger partial charge on any atom is -0.466 e. The first-order valence-electron chi connectivity index (χ1n) is 5.19. The number of esters is 1. The maximum absolute atomic E-state index is 11.2. The third-order valence-corrected chi connectivity index (χ3v) is 2.29. The Morgan fingerprint density at radius 3 is 2.62 bits per heavy atom. The van der Waals surface area contributed by atoms with Gasteiger partial charge < -0.3 is 10.5 Å². The van der Waals surface area contributed by atoms with E-state index in [1.54, 1.807) is 13.0 Å². The van der Waals surface area contributed by atoms with E-state index < -0.39 is 0 Å². The highest BCUT2D eigenvalue weighted by atomic mass is 16.5. The molecule has 1 rings (SSSR count). The van der Waals surface area contributed by atoms with Crippen LogP contribution in [-0.2, 0) is 16.0 Å². The number of hydrogen-bond donors (Lipinski definition) is 1. The number of carbonyl (C=O) groups excluding carboxylic acids is 1. The molecule has 0 amide bonds. The Morgan fingerprint density at radius 1 is 1.44 bits per heavy atom. The average Bonchev–Trinajstić information content (AvgIpc) is 2.29. The Balaban J connectivity index is 2.60. The molecule has 86 valence electrons. The summed E-state index contributed by atoms with van der Waals surface area (Å²) in [7, 11) is 1.36. The molecule has 1 aromatic rings. The van der Waals surface area contributed by atoms with Crippen molar-refractivity contribution in [1.29, 1.82) is 0 Å². The van der Waals surface area contributed by atoms with Gasteiger partial charge in [-0.3, -0.25) is 0 Å². The highest BCUT2D eigenvalue weighted by Crippen LogP contribution is 2.05. The molecule has 3 nitrogen and oxygen atoms in total. The van der Waals surface area contributed by atoms with E-state index >= 15 is 0 Å². The van der Waals surface area contributed by atoms with Crippen molar-refractivity contribution in [2.24, 2.45) is 5.73 Å². The third-order valence-electron chi connectivity index (χ3n) is 2.29. The van der Waals surface area contributed by atoms with Crippen LogP contribution < -0.4 is 5.73 Å².